The zero-order chi connectivity index (χ0) is 18.5. The Bertz CT molecular complexity index is 859. The third-order valence-corrected chi connectivity index (χ3v) is 6.81. The minimum atomic E-state index is -0.300. The molecule has 3 heterocycles. The SMILES string of the molecule is Cc1cc(N2C[C@@H](O)[C@H](N3CCN(C)CC3)C2)nc2cc3c(cc12)CCC3. The van der Waals surface area contributed by atoms with Gasteiger partial charge in [-0.15, -0.1) is 0 Å². The van der Waals surface area contributed by atoms with E-state index >= 15 is 0 Å². The van der Waals surface area contributed by atoms with Gasteiger partial charge >= 0.3 is 0 Å². The molecule has 2 aromatic rings. The van der Waals surface area contributed by atoms with Crippen LogP contribution < -0.4 is 4.90 Å². The standard InChI is InChI=1S/C22H30N4O/c1-15-10-22(23-19-12-17-5-3-4-16(17)11-18(15)19)26-13-20(21(27)14-26)25-8-6-24(2)7-9-25/h10-12,20-21,27H,3-9,13-14H2,1-2H3/t20-,21-/m1/s1. The summed E-state index contributed by atoms with van der Waals surface area (Å²) in [5.74, 6) is 1.02. The molecule has 5 rings (SSSR count). The third kappa shape index (κ3) is 3.12. The maximum Gasteiger partial charge on any atom is 0.129 e. The second kappa shape index (κ2) is 6.73. The molecule has 1 aromatic heterocycles. The summed E-state index contributed by atoms with van der Waals surface area (Å²) in [6, 6.07) is 7.09. The van der Waals surface area contributed by atoms with E-state index in [4.69, 9.17) is 4.98 Å². The first-order valence-corrected chi connectivity index (χ1v) is 10.4. The highest BCUT2D eigenvalue weighted by atomic mass is 16.3. The summed E-state index contributed by atoms with van der Waals surface area (Å²) < 4.78 is 0. The topological polar surface area (TPSA) is 42.8 Å². The van der Waals surface area contributed by atoms with Gasteiger partial charge in [0.05, 0.1) is 17.7 Å². The number of pyridine rings is 1. The van der Waals surface area contributed by atoms with Crippen LogP contribution in [0, 0.1) is 6.92 Å². The molecule has 2 atom stereocenters. The molecule has 1 N–H and O–H groups in total. The molecule has 0 unspecified atom stereocenters. The van der Waals surface area contributed by atoms with E-state index in [2.05, 4.69) is 46.9 Å². The van der Waals surface area contributed by atoms with Crippen LogP contribution in [0.2, 0.25) is 0 Å². The summed E-state index contributed by atoms with van der Waals surface area (Å²) in [7, 11) is 2.17. The van der Waals surface area contributed by atoms with Crippen molar-refractivity contribution in [2.24, 2.45) is 0 Å². The fourth-order valence-electron chi connectivity index (χ4n) is 5.08. The van der Waals surface area contributed by atoms with Gasteiger partial charge in [0.25, 0.3) is 0 Å². The van der Waals surface area contributed by atoms with Gasteiger partial charge in [-0.05, 0) is 68.1 Å². The van der Waals surface area contributed by atoms with E-state index in [9.17, 15) is 5.11 Å². The van der Waals surface area contributed by atoms with Crippen molar-refractivity contribution in [2.75, 3.05) is 51.2 Å². The minimum Gasteiger partial charge on any atom is -0.390 e. The van der Waals surface area contributed by atoms with Gasteiger partial charge in [-0.1, -0.05) is 0 Å². The Morgan fingerprint density at radius 3 is 2.52 bits per heavy atom. The van der Waals surface area contributed by atoms with Crippen LogP contribution in [-0.4, -0.2) is 78.4 Å². The molecule has 5 heteroatoms. The summed E-state index contributed by atoms with van der Waals surface area (Å²) in [6.45, 7) is 8.00. The van der Waals surface area contributed by atoms with E-state index in [0.29, 0.717) is 6.54 Å². The number of nitrogens with zero attached hydrogens (tertiary/aromatic N) is 4. The number of aliphatic hydroxyl groups excluding tert-OH is 1. The van der Waals surface area contributed by atoms with Crippen LogP contribution in [-0.2, 0) is 12.8 Å². The molecule has 144 valence electrons. The van der Waals surface area contributed by atoms with Crippen LogP contribution in [0.3, 0.4) is 0 Å². The van der Waals surface area contributed by atoms with Crippen molar-refractivity contribution in [1.29, 1.82) is 0 Å². The Morgan fingerprint density at radius 2 is 1.74 bits per heavy atom. The van der Waals surface area contributed by atoms with Crippen LogP contribution >= 0.6 is 0 Å². The van der Waals surface area contributed by atoms with Gasteiger partial charge in [0, 0.05) is 44.7 Å². The third-order valence-electron chi connectivity index (χ3n) is 6.81. The second-order valence-corrected chi connectivity index (χ2v) is 8.67. The number of likely N-dealkylation sites (N-methyl/N-ethyl adjacent to an activating group) is 1. The monoisotopic (exact) mass is 366 g/mol. The predicted molar refractivity (Wildman–Crippen MR) is 110 cm³/mol. The van der Waals surface area contributed by atoms with E-state index in [1.54, 1.807) is 0 Å². The predicted octanol–water partition coefficient (Wildman–Crippen LogP) is 1.83. The summed E-state index contributed by atoms with van der Waals surface area (Å²) in [5.41, 5.74) is 5.39. The molecule has 1 aromatic carbocycles. The fourth-order valence-corrected chi connectivity index (χ4v) is 5.08. The lowest BCUT2D eigenvalue weighted by Gasteiger charge is -2.37. The van der Waals surface area contributed by atoms with Crippen molar-refractivity contribution >= 4 is 16.7 Å². The molecule has 0 radical (unpaired) electrons. The number of benzene rings is 1. The Balaban J connectivity index is 1.41. The van der Waals surface area contributed by atoms with E-state index in [-0.39, 0.29) is 12.1 Å². The number of anilines is 1. The molecule has 0 amide bonds. The lowest BCUT2D eigenvalue weighted by molar-refractivity contribution is 0.0512. The van der Waals surface area contributed by atoms with Crippen molar-refractivity contribution in [2.45, 2.75) is 38.3 Å². The Hall–Kier alpha value is -1.69. The van der Waals surface area contributed by atoms with Gasteiger partial charge < -0.3 is 14.9 Å². The van der Waals surface area contributed by atoms with Gasteiger partial charge in [-0.3, -0.25) is 4.90 Å². The highest BCUT2D eigenvalue weighted by molar-refractivity contribution is 5.85. The molecule has 2 aliphatic heterocycles. The minimum absolute atomic E-state index is 0.219. The van der Waals surface area contributed by atoms with Crippen LogP contribution in [0.1, 0.15) is 23.1 Å². The number of rotatable bonds is 2. The zero-order valence-electron chi connectivity index (χ0n) is 16.5. The summed E-state index contributed by atoms with van der Waals surface area (Å²) in [5, 5.41) is 12.0. The highest BCUT2D eigenvalue weighted by Gasteiger charge is 2.37. The number of aromatic nitrogens is 1. The van der Waals surface area contributed by atoms with Crippen molar-refractivity contribution in [3.05, 3.63) is 34.9 Å². The molecular weight excluding hydrogens is 336 g/mol. The summed E-state index contributed by atoms with van der Waals surface area (Å²) in [4.78, 5) is 12.1. The van der Waals surface area contributed by atoms with E-state index in [0.717, 1.165) is 44.1 Å². The van der Waals surface area contributed by atoms with Crippen molar-refractivity contribution in [3.63, 3.8) is 0 Å². The number of piperazine rings is 1. The molecule has 1 aliphatic carbocycles. The summed E-state index contributed by atoms with van der Waals surface area (Å²) in [6.07, 6.45) is 3.36. The zero-order valence-corrected chi connectivity index (χ0v) is 16.5. The molecule has 0 bridgehead atoms. The normalized spacial score (nSPS) is 26.9. The fraction of sp³-hybridized carbons (Fsp3) is 0.591. The van der Waals surface area contributed by atoms with Crippen molar-refractivity contribution < 1.29 is 5.11 Å². The first-order chi connectivity index (χ1) is 13.1. The smallest absolute Gasteiger partial charge is 0.129 e. The van der Waals surface area contributed by atoms with Crippen LogP contribution in [0.4, 0.5) is 5.82 Å². The van der Waals surface area contributed by atoms with Crippen molar-refractivity contribution in [3.8, 4) is 0 Å². The van der Waals surface area contributed by atoms with Gasteiger partial charge in [-0.2, -0.15) is 0 Å². The quantitative estimate of drug-likeness (QED) is 0.878. The number of fused-ring (bicyclic) bond motifs is 2. The van der Waals surface area contributed by atoms with Gasteiger partial charge in [0.2, 0.25) is 0 Å². The average molecular weight is 367 g/mol. The first kappa shape index (κ1) is 17.4. The summed E-state index contributed by atoms with van der Waals surface area (Å²) >= 11 is 0. The average Bonchev–Trinajstić information content (AvgIpc) is 3.27. The molecule has 5 nitrogen and oxygen atoms in total. The molecule has 0 saturated carbocycles. The molecule has 3 aliphatic rings. The largest absolute Gasteiger partial charge is 0.390 e. The molecule has 2 saturated heterocycles. The lowest BCUT2D eigenvalue weighted by atomic mass is 10.0. The number of β-amino-alcohol motifs (C(OH)–C–C–N with tert-alkyl or cyclic N) is 1. The number of aliphatic hydroxyl groups is 1. The number of aryl methyl sites for hydroxylation is 3. The van der Waals surface area contributed by atoms with Gasteiger partial charge in [0.15, 0.2) is 0 Å². The van der Waals surface area contributed by atoms with Crippen molar-refractivity contribution in [1.82, 2.24) is 14.8 Å². The maximum atomic E-state index is 10.7. The molecule has 0 spiro atoms. The van der Waals surface area contributed by atoms with E-state index < -0.39 is 0 Å². The molecule has 27 heavy (non-hydrogen) atoms. The van der Waals surface area contributed by atoms with Crippen LogP contribution in [0.15, 0.2) is 18.2 Å². The lowest BCUT2D eigenvalue weighted by Crippen LogP contribution is -2.52. The molecule has 2 fully saturated rings. The Morgan fingerprint density at radius 1 is 1.00 bits per heavy atom. The maximum absolute atomic E-state index is 10.7. The van der Waals surface area contributed by atoms with Crippen LogP contribution in [0.25, 0.3) is 10.9 Å². The van der Waals surface area contributed by atoms with Crippen LogP contribution in [0.5, 0.6) is 0 Å². The van der Waals surface area contributed by atoms with E-state index in [1.807, 2.05) is 0 Å². The van der Waals surface area contributed by atoms with E-state index in [1.165, 1.54) is 41.3 Å². The van der Waals surface area contributed by atoms with Gasteiger partial charge in [0.1, 0.15) is 5.82 Å². The highest BCUT2D eigenvalue weighted by Crippen LogP contribution is 2.31. The Kier molecular flexibility index (Phi) is 4.34. The number of hydrogen-bond acceptors (Lipinski definition) is 5. The number of hydrogen-bond donors (Lipinski definition) is 1. The first-order valence-electron chi connectivity index (χ1n) is 10.4. The van der Waals surface area contributed by atoms with Gasteiger partial charge in [-0.25, -0.2) is 4.98 Å². The molecular formula is C22H30N4O. The Labute approximate surface area is 161 Å². The second-order valence-electron chi connectivity index (χ2n) is 8.67.